The smallest absolute Gasteiger partial charge is 0.123 e. The Labute approximate surface area is 120 Å². The Kier molecular flexibility index (Phi) is 4.78. The molecule has 0 radical (unpaired) electrons. The first-order valence-corrected chi connectivity index (χ1v) is 7.29. The minimum absolute atomic E-state index is 0.186. The van der Waals surface area contributed by atoms with E-state index in [9.17, 15) is 4.39 Å². The lowest BCUT2D eigenvalue weighted by atomic mass is 9.73. The van der Waals surface area contributed by atoms with E-state index in [0.717, 1.165) is 36.8 Å². The summed E-state index contributed by atoms with van der Waals surface area (Å²) in [6.07, 6.45) is 4.10. The zero-order valence-electron chi connectivity index (χ0n) is 12.6. The molecule has 1 aliphatic carbocycles. The van der Waals surface area contributed by atoms with Gasteiger partial charge in [-0.25, -0.2) is 4.39 Å². The maximum Gasteiger partial charge on any atom is 0.123 e. The van der Waals surface area contributed by atoms with Crippen LogP contribution in [0.15, 0.2) is 18.2 Å². The van der Waals surface area contributed by atoms with Crippen LogP contribution in [-0.4, -0.2) is 12.7 Å². The van der Waals surface area contributed by atoms with Crippen molar-refractivity contribution in [1.82, 2.24) is 5.43 Å². The summed E-state index contributed by atoms with van der Waals surface area (Å²) < 4.78 is 19.5. The normalized spacial score (nSPS) is 28.4. The van der Waals surface area contributed by atoms with Gasteiger partial charge in [0.1, 0.15) is 5.82 Å². The number of ether oxygens (including phenoxy) is 1. The van der Waals surface area contributed by atoms with Crippen molar-refractivity contribution >= 4 is 0 Å². The molecule has 1 fully saturated rings. The molecular weight excluding hydrogens is 255 g/mol. The van der Waals surface area contributed by atoms with Crippen LogP contribution in [0.5, 0.6) is 0 Å². The largest absolute Gasteiger partial charge is 0.376 e. The van der Waals surface area contributed by atoms with E-state index in [0.29, 0.717) is 5.92 Å². The number of halogens is 1. The Balaban J connectivity index is 2.34. The summed E-state index contributed by atoms with van der Waals surface area (Å²) in [5, 5.41) is 0. The van der Waals surface area contributed by atoms with E-state index < -0.39 is 0 Å². The molecule has 0 saturated heterocycles. The van der Waals surface area contributed by atoms with Gasteiger partial charge in [-0.1, -0.05) is 13.0 Å². The molecule has 4 heteroatoms. The van der Waals surface area contributed by atoms with Gasteiger partial charge in [0, 0.05) is 7.11 Å². The van der Waals surface area contributed by atoms with Crippen LogP contribution in [0, 0.1) is 18.7 Å². The van der Waals surface area contributed by atoms with Crippen LogP contribution in [0.4, 0.5) is 4.39 Å². The third-order valence-corrected chi connectivity index (χ3v) is 4.62. The predicted octanol–water partition coefficient (Wildman–Crippen LogP) is 3.23. The molecule has 3 nitrogen and oxygen atoms in total. The molecule has 2 rings (SSSR count). The van der Waals surface area contributed by atoms with Crippen LogP contribution in [-0.2, 0) is 4.74 Å². The first-order valence-electron chi connectivity index (χ1n) is 7.29. The summed E-state index contributed by atoms with van der Waals surface area (Å²) >= 11 is 0. The first-order chi connectivity index (χ1) is 9.50. The van der Waals surface area contributed by atoms with Crippen molar-refractivity contribution in [2.24, 2.45) is 11.8 Å². The molecule has 0 aliphatic heterocycles. The molecule has 3 N–H and O–H groups in total. The Hall–Kier alpha value is -0.970. The minimum Gasteiger partial charge on any atom is -0.376 e. The summed E-state index contributed by atoms with van der Waals surface area (Å²) in [5.41, 5.74) is 4.27. The van der Waals surface area contributed by atoms with Crippen molar-refractivity contribution in [3.63, 3.8) is 0 Å². The van der Waals surface area contributed by atoms with Crippen molar-refractivity contribution in [2.75, 3.05) is 7.11 Å². The highest BCUT2D eigenvalue weighted by Gasteiger charge is 2.42. The van der Waals surface area contributed by atoms with Crippen molar-refractivity contribution in [3.05, 3.63) is 35.1 Å². The second-order valence-corrected chi connectivity index (χ2v) is 6.11. The zero-order valence-corrected chi connectivity index (χ0v) is 12.6. The van der Waals surface area contributed by atoms with Gasteiger partial charge in [-0.15, -0.1) is 0 Å². The molecule has 0 aromatic heterocycles. The van der Waals surface area contributed by atoms with E-state index in [-0.39, 0.29) is 17.5 Å². The number of hydrazine groups is 1. The van der Waals surface area contributed by atoms with Gasteiger partial charge in [-0.2, -0.15) is 0 Å². The third-order valence-electron chi connectivity index (χ3n) is 4.62. The highest BCUT2D eigenvalue weighted by atomic mass is 19.1. The van der Waals surface area contributed by atoms with E-state index in [1.54, 1.807) is 13.2 Å². The maximum atomic E-state index is 13.7. The molecule has 0 bridgehead atoms. The van der Waals surface area contributed by atoms with Crippen LogP contribution in [0.1, 0.15) is 49.8 Å². The SMILES string of the molecule is COC1(C(NN)c2cc(C)cc(F)c2)CCC(C)CC1. The summed E-state index contributed by atoms with van der Waals surface area (Å²) in [5.74, 6) is 6.27. The zero-order chi connectivity index (χ0) is 14.8. The summed E-state index contributed by atoms with van der Waals surface area (Å²) in [7, 11) is 1.73. The molecule has 112 valence electrons. The van der Waals surface area contributed by atoms with E-state index in [1.807, 2.05) is 13.0 Å². The summed E-state index contributed by atoms with van der Waals surface area (Å²) in [6.45, 7) is 4.15. The molecule has 20 heavy (non-hydrogen) atoms. The predicted molar refractivity (Wildman–Crippen MR) is 78.6 cm³/mol. The number of nitrogens with two attached hydrogens (primary N) is 1. The fourth-order valence-corrected chi connectivity index (χ4v) is 3.34. The Morgan fingerprint density at radius 3 is 2.50 bits per heavy atom. The Bertz CT molecular complexity index is 436. The standard InChI is InChI=1S/C16H25FN2O/c1-11-4-6-16(20-3,7-5-11)15(19-18)13-8-12(2)9-14(17)10-13/h8-11,15,19H,4-7,18H2,1-3H3. The van der Waals surface area contributed by atoms with Crippen molar-refractivity contribution < 1.29 is 9.13 Å². The topological polar surface area (TPSA) is 47.3 Å². The van der Waals surface area contributed by atoms with Gasteiger partial charge in [0.05, 0.1) is 11.6 Å². The molecule has 0 amide bonds. The average Bonchev–Trinajstić information content (AvgIpc) is 2.41. The monoisotopic (exact) mass is 280 g/mol. The second-order valence-electron chi connectivity index (χ2n) is 6.11. The maximum absolute atomic E-state index is 13.7. The molecule has 1 unspecified atom stereocenters. The van der Waals surface area contributed by atoms with Crippen LogP contribution in [0.25, 0.3) is 0 Å². The number of hydrogen-bond acceptors (Lipinski definition) is 3. The van der Waals surface area contributed by atoms with Gasteiger partial charge in [0.25, 0.3) is 0 Å². The van der Waals surface area contributed by atoms with E-state index in [4.69, 9.17) is 10.6 Å². The molecule has 1 saturated carbocycles. The van der Waals surface area contributed by atoms with E-state index >= 15 is 0 Å². The summed E-state index contributed by atoms with van der Waals surface area (Å²) in [4.78, 5) is 0. The highest BCUT2D eigenvalue weighted by Crippen LogP contribution is 2.42. The highest BCUT2D eigenvalue weighted by molar-refractivity contribution is 5.28. The van der Waals surface area contributed by atoms with Crippen molar-refractivity contribution in [3.8, 4) is 0 Å². The van der Waals surface area contributed by atoms with Crippen LogP contribution in [0.3, 0.4) is 0 Å². The number of hydrogen-bond donors (Lipinski definition) is 2. The van der Waals surface area contributed by atoms with E-state index in [1.165, 1.54) is 6.07 Å². The number of benzene rings is 1. The third kappa shape index (κ3) is 3.03. The van der Waals surface area contributed by atoms with Gasteiger partial charge in [0.2, 0.25) is 0 Å². The van der Waals surface area contributed by atoms with Gasteiger partial charge in [-0.3, -0.25) is 11.3 Å². The Morgan fingerprint density at radius 1 is 1.35 bits per heavy atom. The fourth-order valence-electron chi connectivity index (χ4n) is 3.34. The average molecular weight is 280 g/mol. The number of methoxy groups -OCH3 is 1. The van der Waals surface area contributed by atoms with E-state index in [2.05, 4.69) is 12.3 Å². The molecule has 1 atom stereocenters. The number of aryl methyl sites for hydroxylation is 1. The molecule has 1 aromatic carbocycles. The van der Waals surface area contributed by atoms with Gasteiger partial charge >= 0.3 is 0 Å². The molecule has 0 heterocycles. The minimum atomic E-state index is -0.346. The lowest BCUT2D eigenvalue weighted by molar-refractivity contribution is -0.0762. The van der Waals surface area contributed by atoms with Crippen molar-refractivity contribution in [2.45, 2.75) is 51.2 Å². The molecule has 0 spiro atoms. The van der Waals surface area contributed by atoms with Crippen LogP contribution >= 0.6 is 0 Å². The molecule has 1 aromatic rings. The van der Waals surface area contributed by atoms with Gasteiger partial charge in [-0.05, 0) is 61.8 Å². The Morgan fingerprint density at radius 2 is 2.00 bits per heavy atom. The lowest BCUT2D eigenvalue weighted by Gasteiger charge is -2.44. The van der Waals surface area contributed by atoms with Crippen LogP contribution < -0.4 is 11.3 Å². The first kappa shape index (κ1) is 15.4. The molecular formula is C16H25FN2O. The quantitative estimate of drug-likeness (QED) is 0.657. The second kappa shape index (κ2) is 6.20. The fraction of sp³-hybridized carbons (Fsp3) is 0.625. The lowest BCUT2D eigenvalue weighted by Crippen LogP contribution is -2.50. The number of rotatable bonds is 4. The molecule has 1 aliphatic rings. The van der Waals surface area contributed by atoms with Crippen LogP contribution in [0.2, 0.25) is 0 Å². The van der Waals surface area contributed by atoms with Gasteiger partial charge in [0.15, 0.2) is 0 Å². The van der Waals surface area contributed by atoms with Crippen molar-refractivity contribution in [1.29, 1.82) is 0 Å². The van der Waals surface area contributed by atoms with Gasteiger partial charge < -0.3 is 4.74 Å². The summed E-state index contributed by atoms with van der Waals surface area (Å²) in [6, 6.07) is 4.87. The number of nitrogens with one attached hydrogen (secondary N) is 1.